The topological polar surface area (TPSA) is 384 Å². The van der Waals surface area contributed by atoms with Crippen molar-refractivity contribution < 1.29 is 97.6 Å². The number of aromatic amines is 1. The summed E-state index contributed by atoms with van der Waals surface area (Å²) in [7, 11) is -35.1. The molecule has 0 amide bonds. The number of ether oxygens (including phenoxy) is 1. The van der Waals surface area contributed by atoms with E-state index in [1.165, 1.54) is 6.92 Å². The van der Waals surface area contributed by atoms with Crippen LogP contribution in [-0.4, -0.2) is 67.5 Å². The van der Waals surface area contributed by atoms with Gasteiger partial charge in [-0.15, -0.1) is 0 Å². The van der Waals surface area contributed by atoms with Crippen molar-refractivity contribution in [2.45, 2.75) is 31.8 Å². The molecule has 7 atom stereocenters. The predicted molar refractivity (Wildman–Crippen MR) is 123 cm³/mol. The van der Waals surface area contributed by atoms with Gasteiger partial charge in [0.05, 0.1) is 6.61 Å². The van der Waals surface area contributed by atoms with Crippen LogP contribution in [0.15, 0.2) is 15.8 Å². The van der Waals surface area contributed by atoms with Crippen molar-refractivity contribution in [2.75, 3.05) is 6.61 Å². The summed E-state index contributed by atoms with van der Waals surface area (Å²) in [5.41, 5.74) is -2.00. The Labute approximate surface area is 225 Å². The van der Waals surface area contributed by atoms with Crippen LogP contribution in [0.25, 0.3) is 0 Å². The Morgan fingerprint density at radius 1 is 0.829 bits per heavy atom. The Morgan fingerprint density at radius 2 is 1.32 bits per heavy atom. The van der Waals surface area contributed by atoms with E-state index in [0.29, 0.717) is 4.57 Å². The fourth-order valence-corrected chi connectivity index (χ4v) is 9.13. The number of nitrogens with zero attached hydrogens (tertiary/aromatic N) is 1. The van der Waals surface area contributed by atoms with Gasteiger partial charge in [-0.3, -0.25) is 23.4 Å². The zero-order valence-corrected chi connectivity index (χ0v) is 24.9. The molecule has 0 aromatic carbocycles. The van der Waals surface area contributed by atoms with Crippen LogP contribution < -0.4 is 11.2 Å². The number of H-pyrrole nitrogens is 1. The molecule has 0 bridgehead atoms. The number of rotatable bonds is 14. The first-order valence-electron chi connectivity index (χ1n) is 9.76. The average molecular weight is 722 g/mol. The molecule has 1 saturated heterocycles. The van der Waals surface area contributed by atoms with Gasteiger partial charge in [0.2, 0.25) is 0 Å². The maximum Gasteiger partial charge on any atom is 0.490 e. The molecule has 2 rings (SSSR count). The summed E-state index contributed by atoms with van der Waals surface area (Å²) in [4.78, 5) is 98.1. The highest BCUT2D eigenvalue weighted by molar-refractivity contribution is 7.67. The van der Waals surface area contributed by atoms with Gasteiger partial charge in [-0.1, -0.05) is 0 Å². The molecule has 5 unspecified atom stereocenters. The van der Waals surface area contributed by atoms with Crippen molar-refractivity contribution in [2.24, 2.45) is 0 Å². The number of hydrogen-bond acceptors (Lipinski definition) is 15. The van der Waals surface area contributed by atoms with Crippen LogP contribution >= 0.6 is 46.9 Å². The van der Waals surface area contributed by atoms with Gasteiger partial charge in [0.1, 0.15) is 18.4 Å². The largest absolute Gasteiger partial charge is 0.490 e. The van der Waals surface area contributed by atoms with E-state index >= 15 is 0 Å². The van der Waals surface area contributed by atoms with Crippen molar-refractivity contribution in [3.63, 3.8) is 0 Å². The minimum Gasteiger partial charge on any atom is -0.349 e. The highest BCUT2D eigenvalue weighted by atomic mass is 31.3. The smallest absolute Gasteiger partial charge is 0.349 e. The van der Waals surface area contributed by atoms with Gasteiger partial charge in [0, 0.05) is 18.2 Å². The summed E-state index contributed by atoms with van der Waals surface area (Å²) in [6.07, 6.45) is -5.21. The van der Waals surface area contributed by atoms with E-state index in [2.05, 4.69) is 26.3 Å². The third-order valence-corrected chi connectivity index (χ3v) is 11.8. The molecule has 1 aliphatic rings. The molecule has 31 heteroatoms. The fraction of sp³-hybridized carbons (Fsp3) is 0.600. The Bertz CT molecular complexity index is 1540. The highest BCUT2D eigenvalue weighted by Gasteiger charge is 2.48. The number of hydrogen-bond donors (Lipinski definition) is 9. The zero-order valence-electron chi connectivity index (χ0n) is 19.6. The molecule has 9 N–H and O–H groups in total. The third kappa shape index (κ3) is 12.5. The zero-order chi connectivity index (χ0) is 31.8. The predicted octanol–water partition coefficient (Wildman–Crippen LogP) is -0.812. The lowest BCUT2D eigenvalue weighted by atomic mass is 10.2. The normalized spacial score (nSPS) is 26.0. The van der Waals surface area contributed by atoms with Gasteiger partial charge in [-0.25, -0.2) is 32.2 Å². The van der Waals surface area contributed by atoms with Gasteiger partial charge < -0.3 is 43.9 Å². The molecule has 1 aromatic heterocycles. The minimum atomic E-state index is -6.00. The molecule has 238 valence electrons. The minimum absolute atomic E-state index is 0.0608. The molecular weight excluding hydrogens is 702 g/mol. The second kappa shape index (κ2) is 12.8. The fourth-order valence-electron chi connectivity index (χ4n) is 2.87. The van der Waals surface area contributed by atoms with Crippen LogP contribution in [-0.2, 0) is 58.4 Å². The van der Waals surface area contributed by atoms with Gasteiger partial charge in [-0.2, -0.15) is 17.2 Å². The van der Waals surface area contributed by atoms with E-state index < -0.39 is 89.6 Å². The number of phosphoric acid groups is 6. The Hall–Kier alpha value is -0.540. The maximum absolute atomic E-state index is 12.3. The Morgan fingerprint density at radius 3 is 1.80 bits per heavy atom. The number of nitrogens with one attached hydrogen (secondary N) is 1. The van der Waals surface area contributed by atoms with Crippen LogP contribution in [0.5, 0.6) is 0 Å². The van der Waals surface area contributed by atoms with Gasteiger partial charge in [0.15, 0.2) is 0 Å². The second-order valence-corrected chi connectivity index (χ2v) is 16.3. The molecule has 2 heterocycles. The van der Waals surface area contributed by atoms with E-state index in [0.717, 1.165) is 6.20 Å². The van der Waals surface area contributed by atoms with E-state index in [9.17, 15) is 56.6 Å². The summed E-state index contributed by atoms with van der Waals surface area (Å²) in [5, 5.41) is 0. The molecule has 0 radical (unpaired) electrons. The third-order valence-electron chi connectivity index (χ3n) is 4.14. The molecule has 1 fully saturated rings. The monoisotopic (exact) mass is 722 g/mol. The number of aromatic nitrogens is 2. The molecular formula is C10H20N2O23P6. The van der Waals surface area contributed by atoms with Crippen molar-refractivity contribution >= 4 is 46.9 Å². The first kappa shape index (κ1) is 36.7. The van der Waals surface area contributed by atoms with Gasteiger partial charge in [-0.05, 0) is 6.92 Å². The SMILES string of the molecule is Cc1cn([C@H]2CC(OP(=O)(O)OP(=O)(O)OP(=O)(O)O)[C@@H](COP(=O)(O)OP(=O)(O)OP(=O)(O)O)O2)c(=O)[nH]c1=O. The van der Waals surface area contributed by atoms with Crippen molar-refractivity contribution in [3.8, 4) is 0 Å². The van der Waals surface area contributed by atoms with E-state index in [4.69, 9.17) is 24.3 Å². The summed E-state index contributed by atoms with van der Waals surface area (Å²) in [6, 6.07) is 0. The van der Waals surface area contributed by atoms with Crippen LogP contribution in [0, 0.1) is 6.92 Å². The molecule has 1 aliphatic heterocycles. The van der Waals surface area contributed by atoms with Crippen molar-refractivity contribution in [3.05, 3.63) is 32.6 Å². The van der Waals surface area contributed by atoms with E-state index in [1.807, 2.05) is 4.98 Å². The maximum atomic E-state index is 12.3. The molecule has 0 saturated carbocycles. The lowest BCUT2D eigenvalue weighted by Gasteiger charge is -2.23. The molecule has 25 nitrogen and oxygen atoms in total. The average Bonchev–Trinajstić information content (AvgIpc) is 3.05. The van der Waals surface area contributed by atoms with Gasteiger partial charge in [0.25, 0.3) is 5.56 Å². The molecule has 41 heavy (non-hydrogen) atoms. The van der Waals surface area contributed by atoms with Crippen LogP contribution in [0.4, 0.5) is 0 Å². The first-order valence-corrected chi connectivity index (χ1v) is 18.8. The van der Waals surface area contributed by atoms with E-state index in [-0.39, 0.29) is 5.56 Å². The lowest BCUT2D eigenvalue weighted by Crippen LogP contribution is -2.33. The first-order chi connectivity index (χ1) is 18.2. The Balaban J connectivity index is 2.32. The quantitative estimate of drug-likeness (QED) is 0.106. The lowest BCUT2D eigenvalue weighted by molar-refractivity contribution is -0.0443. The molecule has 1 aromatic rings. The van der Waals surface area contributed by atoms with Crippen LogP contribution in [0.3, 0.4) is 0 Å². The summed E-state index contributed by atoms with van der Waals surface area (Å²) in [6.45, 7) is -0.0855. The number of aryl methyl sites for hydroxylation is 1. The van der Waals surface area contributed by atoms with Crippen molar-refractivity contribution in [1.29, 1.82) is 0 Å². The van der Waals surface area contributed by atoms with Crippen LogP contribution in [0.1, 0.15) is 18.2 Å². The highest BCUT2D eigenvalue weighted by Crippen LogP contribution is 2.68. The van der Waals surface area contributed by atoms with Crippen LogP contribution in [0.2, 0.25) is 0 Å². The van der Waals surface area contributed by atoms with Gasteiger partial charge >= 0.3 is 52.6 Å². The summed E-state index contributed by atoms with van der Waals surface area (Å²) in [5.74, 6) is 0. The molecule has 0 spiro atoms. The summed E-state index contributed by atoms with van der Waals surface area (Å²) < 4.78 is 98.1. The number of phosphoric ester groups is 2. The second-order valence-electron chi connectivity index (χ2n) is 7.47. The van der Waals surface area contributed by atoms with E-state index in [1.54, 1.807) is 0 Å². The standard InChI is InChI=1S/C10H20N2O23P6/c1-5-3-12(10(14)11-9(5)13)8-2-6(31-39(23,24)35-41(27,28)33-37(18,19)20)7(30-8)4-29-38(21,22)34-40(25,26)32-36(15,16)17/h3,6-8H,2,4H2,1H3,(H,21,22)(H,23,24)(H,25,26)(H,27,28)(H,11,13,14)(H2,15,16,17)(H2,18,19,20)/t6?,7-,8-/m1/s1. The van der Waals surface area contributed by atoms with Crippen molar-refractivity contribution in [1.82, 2.24) is 9.55 Å². The Kier molecular flexibility index (Phi) is 11.5. The summed E-state index contributed by atoms with van der Waals surface area (Å²) >= 11 is 0. The molecule has 0 aliphatic carbocycles.